The molecular formula is C55H82F3NO16. The number of fused-ring (bicyclic) bond motifs is 7. The molecule has 4 saturated carbocycles. The number of benzene rings is 1. The van der Waals surface area contributed by atoms with Gasteiger partial charge in [0.2, 0.25) is 5.91 Å². The second-order valence-corrected chi connectivity index (χ2v) is 25.1. The number of hydrogen-bond acceptors (Lipinski definition) is 16. The molecule has 20 heteroatoms. The molecule has 8 aliphatic rings. The van der Waals surface area contributed by atoms with Gasteiger partial charge in [-0.1, -0.05) is 60.1 Å². The zero-order valence-electron chi connectivity index (χ0n) is 44.6. The second-order valence-electron chi connectivity index (χ2n) is 25.1. The van der Waals surface area contributed by atoms with E-state index in [1.165, 1.54) is 43.7 Å². The van der Waals surface area contributed by atoms with Crippen LogP contribution in [0.25, 0.3) is 0 Å². The molecule has 0 unspecified atom stereocenters. The SMILES string of the molecule is C[C@H]1[C@H](C)CC[C@]2(C(=O)Nc3ccc(OC(F)(F)F)cc3)CC[C@]3(C)C(=CC[C@@H]4[C@@]5(C)CC[C@H](O[C@@H]6O[C@H](CO)[C@@H](O[C@@H]7O[C@@H](C)[C@H](O)[C@@H](O)[C@H]7O)[C@H](O)[C@H]6O[C@@H]6O[C@@H](C)[C@H](O)[C@@H](O)[C@H]6O)C(C)(C)[C@@H]5CC[C@]43C)[C@H]12. The molecule has 9 N–H and O–H groups in total. The summed E-state index contributed by atoms with van der Waals surface area (Å²) in [4.78, 5) is 14.8. The van der Waals surface area contributed by atoms with Crippen molar-refractivity contribution in [3.63, 3.8) is 0 Å². The minimum absolute atomic E-state index is 0.0366. The molecule has 17 nitrogen and oxygen atoms in total. The fourth-order valence-electron chi connectivity index (χ4n) is 16.3. The molecule has 0 bridgehead atoms. The lowest BCUT2D eigenvalue weighted by Crippen LogP contribution is -2.68. The maximum Gasteiger partial charge on any atom is 0.573 e. The molecule has 5 aliphatic carbocycles. The van der Waals surface area contributed by atoms with Crippen LogP contribution in [0, 0.1) is 56.7 Å². The Labute approximate surface area is 437 Å². The number of anilines is 1. The Balaban J connectivity index is 0.970. The molecule has 7 fully saturated rings. The summed E-state index contributed by atoms with van der Waals surface area (Å²) in [6, 6.07) is 5.33. The van der Waals surface area contributed by atoms with Gasteiger partial charge in [-0.25, -0.2) is 0 Å². The van der Waals surface area contributed by atoms with Crippen LogP contribution < -0.4 is 10.1 Å². The molecule has 1 amide bonds. The maximum atomic E-state index is 14.8. The van der Waals surface area contributed by atoms with Crippen molar-refractivity contribution in [3.05, 3.63) is 35.9 Å². The van der Waals surface area contributed by atoms with Crippen molar-refractivity contribution < 1.29 is 92.0 Å². The van der Waals surface area contributed by atoms with Gasteiger partial charge in [0.1, 0.15) is 66.8 Å². The van der Waals surface area contributed by atoms with Crippen molar-refractivity contribution >= 4 is 11.6 Å². The third-order valence-electron chi connectivity index (χ3n) is 21.0. The molecule has 75 heavy (non-hydrogen) atoms. The van der Waals surface area contributed by atoms with E-state index >= 15 is 0 Å². The summed E-state index contributed by atoms with van der Waals surface area (Å²) in [6.07, 6.45) is -18.3. The molecule has 0 spiro atoms. The Hall–Kier alpha value is -2.54. The summed E-state index contributed by atoms with van der Waals surface area (Å²) < 4.78 is 80.2. The maximum absolute atomic E-state index is 14.8. The summed E-state index contributed by atoms with van der Waals surface area (Å²) in [5, 5.41) is 90.2. The Morgan fingerprint density at radius 3 is 1.87 bits per heavy atom. The summed E-state index contributed by atoms with van der Waals surface area (Å²) in [5.74, 6) is 0.450. The lowest BCUT2D eigenvalue weighted by Gasteiger charge is -2.71. The molecule has 9 rings (SSSR count). The van der Waals surface area contributed by atoms with Gasteiger partial charge in [-0.3, -0.25) is 4.79 Å². The molecule has 3 saturated heterocycles. The van der Waals surface area contributed by atoms with Gasteiger partial charge in [0.05, 0.1) is 30.3 Å². The molecular weight excluding hydrogens is 988 g/mol. The minimum Gasteiger partial charge on any atom is -0.406 e. The van der Waals surface area contributed by atoms with E-state index < -0.39 is 122 Å². The fourth-order valence-corrected chi connectivity index (χ4v) is 16.3. The van der Waals surface area contributed by atoms with Gasteiger partial charge in [-0.15, -0.1) is 13.2 Å². The van der Waals surface area contributed by atoms with Crippen LogP contribution in [-0.2, 0) is 33.2 Å². The van der Waals surface area contributed by atoms with Gasteiger partial charge < -0.3 is 79.3 Å². The third kappa shape index (κ3) is 9.61. The van der Waals surface area contributed by atoms with Crippen LogP contribution in [0.3, 0.4) is 0 Å². The molecule has 0 aromatic heterocycles. The van der Waals surface area contributed by atoms with Crippen LogP contribution >= 0.6 is 0 Å². The highest BCUT2D eigenvalue weighted by molar-refractivity contribution is 5.96. The first-order chi connectivity index (χ1) is 35.0. The Bertz CT molecular complexity index is 2240. The summed E-state index contributed by atoms with van der Waals surface area (Å²) in [7, 11) is 0. The van der Waals surface area contributed by atoms with E-state index in [9.17, 15) is 58.8 Å². The van der Waals surface area contributed by atoms with Crippen molar-refractivity contribution in [2.75, 3.05) is 11.9 Å². The fraction of sp³-hybridized carbons (Fsp3) is 0.836. The van der Waals surface area contributed by atoms with E-state index in [-0.39, 0.29) is 51.6 Å². The van der Waals surface area contributed by atoms with Crippen molar-refractivity contribution in [1.29, 1.82) is 0 Å². The lowest BCUT2D eigenvalue weighted by molar-refractivity contribution is -0.393. The van der Waals surface area contributed by atoms with Crippen molar-refractivity contribution in [3.8, 4) is 5.75 Å². The third-order valence-corrected chi connectivity index (χ3v) is 21.0. The first-order valence-corrected chi connectivity index (χ1v) is 27.2. The van der Waals surface area contributed by atoms with Gasteiger partial charge in [0.15, 0.2) is 18.9 Å². The summed E-state index contributed by atoms with van der Waals surface area (Å²) in [5.41, 5.74) is -0.0315. The van der Waals surface area contributed by atoms with E-state index in [0.717, 1.165) is 38.5 Å². The number of amides is 1. The zero-order chi connectivity index (χ0) is 54.7. The smallest absolute Gasteiger partial charge is 0.406 e. The van der Waals surface area contributed by atoms with E-state index in [1.54, 1.807) is 0 Å². The Morgan fingerprint density at radius 1 is 0.680 bits per heavy atom. The van der Waals surface area contributed by atoms with Crippen LogP contribution in [0.2, 0.25) is 0 Å². The summed E-state index contributed by atoms with van der Waals surface area (Å²) in [6.45, 7) is 18.5. The van der Waals surface area contributed by atoms with Gasteiger partial charge >= 0.3 is 6.36 Å². The van der Waals surface area contributed by atoms with Gasteiger partial charge in [-0.2, -0.15) is 0 Å². The highest BCUT2D eigenvalue weighted by Gasteiger charge is 2.70. The largest absolute Gasteiger partial charge is 0.573 e. The van der Waals surface area contributed by atoms with Crippen molar-refractivity contribution in [2.24, 2.45) is 56.7 Å². The molecule has 3 aliphatic heterocycles. The van der Waals surface area contributed by atoms with Crippen LogP contribution in [0.4, 0.5) is 18.9 Å². The van der Waals surface area contributed by atoms with Gasteiger partial charge in [0, 0.05) is 5.69 Å². The van der Waals surface area contributed by atoms with Crippen LogP contribution in [0.15, 0.2) is 35.9 Å². The van der Waals surface area contributed by atoms with Crippen LogP contribution in [0.5, 0.6) is 5.75 Å². The van der Waals surface area contributed by atoms with E-state index in [1.807, 2.05) is 0 Å². The predicted octanol–water partition coefficient (Wildman–Crippen LogP) is 5.07. The second kappa shape index (κ2) is 20.5. The predicted molar refractivity (Wildman–Crippen MR) is 262 cm³/mol. The number of ether oxygens (including phenoxy) is 7. The lowest BCUT2D eigenvalue weighted by atomic mass is 9.33. The number of nitrogens with one attached hydrogen (secondary N) is 1. The van der Waals surface area contributed by atoms with Crippen LogP contribution in [0.1, 0.15) is 120 Å². The number of carbonyl (C=O) groups is 1. The Kier molecular flexibility index (Phi) is 15.6. The van der Waals surface area contributed by atoms with E-state index in [4.69, 9.17) is 28.4 Å². The average Bonchev–Trinajstić information content (AvgIpc) is 3.34. The molecule has 0 radical (unpaired) electrons. The number of carbonyl (C=O) groups excluding carboxylic acids is 1. The van der Waals surface area contributed by atoms with Crippen molar-refractivity contribution in [2.45, 2.75) is 225 Å². The first kappa shape index (κ1) is 57.2. The topological polar surface area (TPSA) is 256 Å². The van der Waals surface area contributed by atoms with Gasteiger partial charge in [0.25, 0.3) is 0 Å². The summed E-state index contributed by atoms with van der Waals surface area (Å²) >= 11 is 0. The number of halogens is 3. The Morgan fingerprint density at radius 2 is 1.28 bits per heavy atom. The zero-order valence-corrected chi connectivity index (χ0v) is 44.6. The van der Waals surface area contributed by atoms with Crippen LogP contribution in [-0.4, -0.2) is 158 Å². The number of allylic oxidation sites excluding steroid dienone is 2. The number of alkyl halides is 3. The van der Waals surface area contributed by atoms with E-state index in [0.29, 0.717) is 30.9 Å². The number of rotatable bonds is 10. The van der Waals surface area contributed by atoms with Gasteiger partial charge in [-0.05, 0) is 147 Å². The van der Waals surface area contributed by atoms with Crippen molar-refractivity contribution in [1.82, 2.24) is 0 Å². The monoisotopic (exact) mass is 1070 g/mol. The standard InChI is InChI=1S/C55H82F3NO16/c1-25-16-21-54(49(68)59-29-10-12-30(13-11-29)75-55(56,57)58)23-22-52(8)31(36(54)26(25)2)14-15-34-51(7)19-18-35(50(5,6)33(51)17-20-53(34,52)9)72-48-45(74-47-42(66)40(64)38(62)28(4)70-47)43(67)44(32(24-60)71-48)73-46-41(65)39(63)37(61)27(3)69-46/h10-14,25-28,32-48,60-67H,15-24H2,1-9H3,(H,59,68)/t25-,26+,27+,28+,32-,33+,34-,35+,36+,37+,38+,39-,40-,41-,42-,43+,44-,45-,46+,47+,48+,51+,52-,53-,54+/m1/s1. The normalized spacial score (nSPS) is 49.8. The number of aliphatic hydroxyl groups excluding tert-OH is 8. The quantitative estimate of drug-likeness (QED) is 0.110. The highest BCUT2D eigenvalue weighted by atomic mass is 19.4. The number of hydrogen-bond donors (Lipinski definition) is 9. The number of aliphatic hydroxyl groups is 8. The molecule has 1 aromatic carbocycles. The average molecular weight is 1070 g/mol. The molecule has 424 valence electrons. The molecule has 3 heterocycles. The molecule has 1 aromatic rings. The van der Waals surface area contributed by atoms with E-state index in [2.05, 4.69) is 64.6 Å². The first-order valence-electron chi connectivity index (χ1n) is 27.2. The minimum atomic E-state index is -4.83. The molecule has 25 atom stereocenters. The highest BCUT2D eigenvalue weighted by Crippen LogP contribution is 2.76.